The second-order valence-corrected chi connectivity index (χ2v) is 7.57. The number of ketones is 1. The lowest BCUT2D eigenvalue weighted by molar-refractivity contribution is -0.219. The van der Waals surface area contributed by atoms with Crippen LogP contribution >= 0.6 is 15.9 Å². The standard InChI is InChI=1S/C18H23BrN2O4/c1-11-9-12(2)14(19)10-13(11)15-16(22)18(21(25-4)17(15)23)5-7-20(24-3)8-6-18/h9-10,15H,5-8H2,1-4H3. The molecule has 2 aliphatic rings. The van der Waals surface area contributed by atoms with Crippen LogP contribution in [0.5, 0.6) is 0 Å². The van der Waals surface area contributed by atoms with Crippen LogP contribution in [0.3, 0.4) is 0 Å². The first-order valence-corrected chi connectivity index (χ1v) is 9.13. The number of halogens is 1. The van der Waals surface area contributed by atoms with Crippen LogP contribution in [0.2, 0.25) is 0 Å². The Kier molecular flexibility index (Phi) is 5.03. The third kappa shape index (κ3) is 2.83. The maximum atomic E-state index is 13.4. The van der Waals surface area contributed by atoms with Crippen LogP contribution in [0.1, 0.15) is 35.4 Å². The predicted molar refractivity (Wildman–Crippen MR) is 95.8 cm³/mol. The molecule has 2 fully saturated rings. The van der Waals surface area contributed by atoms with E-state index in [9.17, 15) is 9.59 Å². The Hall–Kier alpha value is -1.28. The lowest BCUT2D eigenvalue weighted by Crippen LogP contribution is -2.55. The van der Waals surface area contributed by atoms with Gasteiger partial charge in [-0.05, 0) is 49.4 Å². The molecule has 0 aromatic heterocycles. The van der Waals surface area contributed by atoms with E-state index in [0.29, 0.717) is 25.9 Å². The summed E-state index contributed by atoms with van der Waals surface area (Å²) in [6, 6.07) is 3.89. The monoisotopic (exact) mass is 410 g/mol. The number of hydroxylamine groups is 4. The fourth-order valence-electron chi connectivity index (χ4n) is 3.99. The number of aryl methyl sites for hydroxylation is 2. The molecule has 0 N–H and O–H groups in total. The molecule has 2 heterocycles. The minimum absolute atomic E-state index is 0.0750. The topological polar surface area (TPSA) is 59.1 Å². The van der Waals surface area contributed by atoms with Crippen molar-refractivity contribution in [2.75, 3.05) is 27.3 Å². The van der Waals surface area contributed by atoms with Gasteiger partial charge in [0, 0.05) is 17.6 Å². The molecular formula is C18H23BrN2O4. The molecule has 3 rings (SSSR count). The van der Waals surface area contributed by atoms with E-state index in [0.717, 1.165) is 21.2 Å². The van der Waals surface area contributed by atoms with Crippen molar-refractivity contribution in [1.82, 2.24) is 10.1 Å². The van der Waals surface area contributed by atoms with E-state index in [4.69, 9.17) is 9.68 Å². The Morgan fingerprint density at radius 3 is 2.28 bits per heavy atom. The summed E-state index contributed by atoms with van der Waals surface area (Å²) in [7, 11) is 3.07. The van der Waals surface area contributed by atoms with Crippen molar-refractivity contribution >= 4 is 27.6 Å². The summed E-state index contributed by atoms with van der Waals surface area (Å²) >= 11 is 3.51. The van der Waals surface area contributed by atoms with Crippen LogP contribution in [-0.4, -0.2) is 54.7 Å². The van der Waals surface area contributed by atoms with E-state index in [-0.39, 0.29) is 11.7 Å². The van der Waals surface area contributed by atoms with Crippen molar-refractivity contribution in [2.24, 2.45) is 0 Å². The summed E-state index contributed by atoms with van der Waals surface area (Å²) in [5.74, 6) is -1.17. The fourth-order valence-corrected chi connectivity index (χ4v) is 4.35. The van der Waals surface area contributed by atoms with Gasteiger partial charge in [-0.1, -0.05) is 22.0 Å². The molecule has 1 spiro atoms. The van der Waals surface area contributed by atoms with Crippen LogP contribution in [0, 0.1) is 13.8 Å². The van der Waals surface area contributed by atoms with Crippen LogP contribution in [0.25, 0.3) is 0 Å². The number of carbonyl (C=O) groups is 2. The quantitative estimate of drug-likeness (QED) is 0.716. The van der Waals surface area contributed by atoms with E-state index in [1.807, 2.05) is 26.0 Å². The van der Waals surface area contributed by atoms with Gasteiger partial charge in [-0.25, -0.2) is 5.06 Å². The molecule has 25 heavy (non-hydrogen) atoms. The maximum absolute atomic E-state index is 13.4. The van der Waals surface area contributed by atoms with Crippen LogP contribution in [0.15, 0.2) is 16.6 Å². The smallest absolute Gasteiger partial charge is 0.262 e. The summed E-state index contributed by atoms with van der Waals surface area (Å²) < 4.78 is 0.896. The molecule has 1 unspecified atom stereocenters. The number of piperidine rings is 1. The first-order valence-electron chi connectivity index (χ1n) is 8.34. The summed E-state index contributed by atoms with van der Waals surface area (Å²) in [6.07, 6.45) is 1.00. The molecule has 1 atom stereocenters. The minimum Gasteiger partial charge on any atom is -0.302 e. The van der Waals surface area contributed by atoms with Crippen LogP contribution < -0.4 is 0 Å². The Morgan fingerprint density at radius 1 is 1.08 bits per heavy atom. The molecule has 0 radical (unpaired) electrons. The molecule has 0 bridgehead atoms. The number of hydrogen-bond acceptors (Lipinski definition) is 5. The molecule has 2 aliphatic heterocycles. The first kappa shape index (κ1) is 18.5. The van der Waals surface area contributed by atoms with Crippen molar-refractivity contribution in [3.05, 3.63) is 33.3 Å². The number of nitrogens with zero attached hydrogens (tertiary/aromatic N) is 2. The van der Waals surface area contributed by atoms with E-state index in [2.05, 4.69) is 15.9 Å². The highest BCUT2D eigenvalue weighted by Crippen LogP contribution is 2.44. The molecule has 0 aliphatic carbocycles. The number of rotatable bonds is 3. The largest absolute Gasteiger partial charge is 0.302 e. The van der Waals surface area contributed by atoms with Crippen LogP contribution in [0.4, 0.5) is 0 Å². The van der Waals surface area contributed by atoms with E-state index < -0.39 is 11.5 Å². The predicted octanol–water partition coefficient (Wildman–Crippen LogP) is 2.52. The number of hydrogen-bond donors (Lipinski definition) is 0. The molecule has 7 heteroatoms. The summed E-state index contributed by atoms with van der Waals surface area (Å²) in [6.45, 7) is 5.09. The first-order chi connectivity index (χ1) is 11.9. The van der Waals surface area contributed by atoms with E-state index >= 15 is 0 Å². The van der Waals surface area contributed by atoms with Crippen molar-refractivity contribution in [3.63, 3.8) is 0 Å². The normalized spacial score (nSPS) is 23.7. The van der Waals surface area contributed by atoms with Gasteiger partial charge in [0.25, 0.3) is 5.91 Å². The minimum atomic E-state index is -0.907. The summed E-state index contributed by atoms with van der Waals surface area (Å²) in [4.78, 5) is 37.1. The molecular weight excluding hydrogens is 388 g/mol. The second-order valence-electron chi connectivity index (χ2n) is 6.71. The van der Waals surface area contributed by atoms with Gasteiger partial charge in [0.05, 0.1) is 14.2 Å². The zero-order valence-corrected chi connectivity index (χ0v) is 16.6. The van der Waals surface area contributed by atoms with E-state index in [1.54, 1.807) is 12.2 Å². The lowest BCUT2D eigenvalue weighted by atomic mass is 9.80. The zero-order chi connectivity index (χ0) is 18.4. The number of amides is 1. The van der Waals surface area contributed by atoms with Gasteiger partial charge >= 0.3 is 0 Å². The highest BCUT2D eigenvalue weighted by molar-refractivity contribution is 9.10. The Morgan fingerprint density at radius 2 is 1.72 bits per heavy atom. The molecule has 136 valence electrons. The zero-order valence-electron chi connectivity index (χ0n) is 15.0. The van der Waals surface area contributed by atoms with Crippen molar-refractivity contribution in [1.29, 1.82) is 0 Å². The number of carbonyl (C=O) groups excluding carboxylic acids is 2. The van der Waals surface area contributed by atoms with Gasteiger partial charge in [-0.2, -0.15) is 5.06 Å². The number of benzene rings is 1. The van der Waals surface area contributed by atoms with Gasteiger partial charge in [0.2, 0.25) is 0 Å². The molecule has 6 nitrogen and oxygen atoms in total. The van der Waals surface area contributed by atoms with Gasteiger partial charge in [0.15, 0.2) is 5.78 Å². The summed E-state index contributed by atoms with van der Waals surface area (Å²) in [5, 5.41) is 3.11. The van der Waals surface area contributed by atoms with Crippen LogP contribution in [-0.2, 0) is 19.3 Å². The molecule has 1 aromatic carbocycles. The molecule has 0 saturated carbocycles. The Balaban J connectivity index is 2.02. The maximum Gasteiger partial charge on any atom is 0.262 e. The fraction of sp³-hybridized carbons (Fsp3) is 0.556. The van der Waals surface area contributed by atoms with Gasteiger partial charge in [0.1, 0.15) is 11.5 Å². The number of Topliss-reactive ketones (excluding diaryl/α,β-unsaturated/α-hetero) is 1. The molecule has 1 amide bonds. The lowest BCUT2D eigenvalue weighted by Gasteiger charge is -2.40. The van der Waals surface area contributed by atoms with Gasteiger partial charge in [-0.15, -0.1) is 0 Å². The third-order valence-electron chi connectivity index (χ3n) is 5.41. The average molecular weight is 411 g/mol. The van der Waals surface area contributed by atoms with Crippen molar-refractivity contribution in [2.45, 2.75) is 38.1 Å². The third-order valence-corrected chi connectivity index (χ3v) is 6.26. The van der Waals surface area contributed by atoms with Crippen molar-refractivity contribution in [3.8, 4) is 0 Å². The molecule has 1 aromatic rings. The highest BCUT2D eigenvalue weighted by Gasteiger charge is 2.60. The SMILES string of the molecule is CON1CCC2(CC1)C(=O)C(c1cc(Br)c(C)cc1C)C(=O)N2OC. The van der Waals surface area contributed by atoms with E-state index in [1.165, 1.54) is 12.2 Å². The average Bonchev–Trinajstić information content (AvgIpc) is 2.79. The Labute approximate surface area is 156 Å². The van der Waals surface area contributed by atoms with Gasteiger partial charge < -0.3 is 4.84 Å². The Bertz CT molecular complexity index is 713. The second kappa shape index (κ2) is 6.79. The highest BCUT2D eigenvalue weighted by atomic mass is 79.9. The van der Waals surface area contributed by atoms with Gasteiger partial charge in [-0.3, -0.25) is 14.4 Å². The van der Waals surface area contributed by atoms with Crippen molar-refractivity contribution < 1.29 is 19.3 Å². The molecule has 2 saturated heterocycles. The summed E-state index contributed by atoms with van der Waals surface area (Å²) in [5.41, 5.74) is 1.86.